The Balaban J connectivity index is 2.47. The molecular weight excluding hydrogens is 374 g/mol. The zero-order chi connectivity index (χ0) is 20.0. The predicted molar refractivity (Wildman–Crippen MR) is 99.9 cm³/mol. The average Bonchev–Trinajstić information content (AvgIpc) is 2.66. The van der Waals surface area contributed by atoms with Gasteiger partial charge in [0.1, 0.15) is 11.6 Å². The molecule has 0 saturated carbocycles. The fourth-order valence-electron chi connectivity index (χ4n) is 2.21. The standard InChI is InChI=1S/C18H14ClN3O5/c1-26-16-8-11(15(22(24)25)9-17(16)27-2)7-12(10-20)18(23)21-14-6-4-3-5-13(14)19/h3-9H,1-2H3,(H,21,23)/b12-7+. The predicted octanol–water partition coefficient (Wildman–Crippen LogP) is 3.81. The summed E-state index contributed by atoms with van der Waals surface area (Å²) in [5, 5.41) is 23.5. The lowest BCUT2D eigenvalue weighted by Gasteiger charge is -2.09. The molecule has 0 fully saturated rings. The summed E-state index contributed by atoms with van der Waals surface area (Å²) in [6, 6.07) is 10.7. The Morgan fingerprint density at radius 2 is 1.89 bits per heavy atom. The second-order valence-electron chi connectivity index (χ2n) is 5.13. The number of nitro benzene ring substituents is 1. The van der Waals surface area contributed by atoms with Crippen molar-refractivity contribution in [3.05, 3.63) is 62.7 Å². The number of nitrogens with zero attached hydrogens (tertiary/aromatic N) is 2. The Labute approximate surface area is 159 Å². The highest BCUT2D eigenvalue weighted by Gasteiger charge is 2.20. The fraction of sp³-hybridized carbons (Fsp3) is 0.111. The van der Waals surface area contributed by atoms with Gasteiger partial charge in [-0.3, -0.25) is 14.9 Å². The summed E-state index contributed by atoms with van der Waals surface area (Å²) in [5.74, 6) is -0.381. The normalized spacial score (nSPS) is 10.7. The van der Waals surface area contributed by atoms with Crippen LogP contribution in [0.3, 0.4) is 0 Å². The number of carbonyl (C=O) groups is 1. The van der Waals surface area contributed by atoms with Crippen LogP contribution in [0, 0.1) is 21.4 Å². The van der Waals surface area contributed by atoms with Gasteiger partial charge in [-0.15, -0.1) is 0 Å². The van der Waals surface area contributed by atoms with Gasteiger partial charge < -0.3 is 14.8 Å². The fourth-order valence-corrected chi connectivity index (χ4v) is 2.40. The number of ether oxygens (including phenoxy) is 2. The van der Waals surface area contributed by atoms with Crippen molar-refractivity contribution in [2.45, 2.75) is 0 Å². The SMILES string of the molecule is COc1cc(/C=C(\C#N)C(=O)Nc2ccccc2Cl)c([N+](=O)[O-])cc1OC. The molecule has 0 aliphatic carbocycles. The number of benzene rings is 2. The van der Waals surface area contributed by atoms with Crippen LogP contribution in [-0.2, 0) is 4.79 Å². The van der Waals surface area contributed by atoms with E-state index >= 15 is 0 Å². The van der Waals surface area contributed by atoms with Gasteiger partial charge in [0.05, 0.1) is 41.5 Å². The van der Waals surface area contributed by atoms with Crippen molar-refractivity contribution in [2.75, 3.05) is 19.5 Å². The molecule has 2 rings (SSSR count). The second-order valence-corrected chi connectivity index (χ2v) is 5.53. The largest absolute Gasteiger partial charge is 0.493 e. The summed E-state index contributed by atoms with van der Waals surface area (Å²) >= 11 is 5.98. The quantitative estimate of drug-likeness (QED) is 0.349. The third kappa shape index (κ3) is 4.54. The third-order valence-electron chi connectivity index (χ3n) is 3.52. The van der Waals surface area contributed by atoms with E-state index < -0.39 is 10.8 Å². The van der Waals surface area contributed by atoms with Crippen LogP contribution in [0.1, 0.15) is 5.56 Å². The molecule has 9 heteroatoms. The Kier molecular flexibility index (Phi) is 6.36. The maximum atomic E-state index is 12.4. The van der Waals surface area contributed by atoms with E-state index in [0.29, 0.717) is 10.7 Å². The average molecular weight is 388 g/mol. The first-order chi connectivity index (χ1) is 12.9. The van der Waals surface area contributed by atoms with Crippen molar-refractivity contribution in [1.29, 1.82) is 5.26 Å². The van der Waals surface area contributed by atoms with Gasteiger partial charge >= 0.3 is 0 Å². The molecular formula is C18H14ClN3O5. The van der Waals surface area contributed by atoms with Crippen LogP contribution in [0.15, 0.2) is 42.0 Å². The van der Waals surface area contributed by atoms with Crippen LogP contribution < -0.4 is 14.8 Å². The molecule has 0 aromatic heterocycles. The Morgan fingerprint density at radius 3 is 2.44 bits per heavy atom. The van der Waals surface area contributed by atoms with Gasteiger partial charge in [-0.2, -0.15) is 5.26 Å². The minimum atomic E-state index is -0.755. The number of para-hydroxylation sites is 1. The van der Waals surface area contributed by atoms with Gasteiger partial charge in [0.15, 0.2) is 11.5 Å². The van der Waals surface area contributed by atoms with Crippen LogP contribution in [0.4, 0.5) is 11.4 Å². The molecule has 0 aliphatic rings. The van der Waals surface area contributed by atoms with E-state index in [4.69, 9.17) is 21.1 Å². The Morgan fingerprint density at radius 1 is 1.26 bits per heavy atom. The monoisotopic (exact) mass is 387 g/mol. The van der Waals surface area contributed by atoms with E-state index in [2.05, 4.69) is 5.32 Å². The van der Waals surface area contributed by atoms with Crippen LogP contribution in [0.2, 0.25) is 5.02 Å². The van der Waals surface area contributed by atoms with Crippen molar-refractivity contribution in [3.63, 3.8) is 0 Å². The first kappa shape index (κ1) is 19.8. The molecule has 0 unspecified atom stereocenters. The van der Waals surface area contributed by atoms with Gasteiger partial charge in [0, 0.05) is 0 Å². The van der Waals surface area contributed by atoms with Crippen LogP contribution in [-0.4, -0.2) is 25.1 Å². The second kappa shape index (κ2) is 8.69. The molecule has 1 N–H and O–H groups in total. The number of nitro groups is 1. The van der Waals surface area contributed by atoms with Gasteiger partial charge in [-0.25, -0.2) is 0 Å². The van der Waals surface area contributed by atoms with E-state index in [9.17, 15) is 20.2 Å². The zero-order valence-corrected chi connectivity index (χ0v) is 15.1. The zero-order valence-electron chi connectivity index (χ0n) is 14.4. The van der Waals surface area contributed by atoms with Gasteiger partial charge in [0.25, 0.3) is 11.6 Å². The number of nitriles is 1. The summed E-state index contributed by atoms with van der Waals surface area (Å²) in [5.41, 5.74) is -0.355. The number of hydrogen-bond acceptors (Lipinski definition) is 6. The molecule has 0 saturated heterocycles. The molecule has 0 bridgehead atoms. The van der Waals surface area contributed by atoms with Gasteiger partial charge in [-0.1, -0.05) is 23.7 Å². The number of hydrogen-bond donors (Lipinski definition) is 1. The highest BCUT2D eigenvalue weighted by atomic mass is 35.5. The third-order valence-corrected chi connectivity index (χ3v) is 3.85. The minimum absolute atomic E-state index is 0.0171. The smallest absolute Gasteiger partial charge is 0.280 e. The number of amides is 1. The maximum absolute atomic E-state index is 12.4. The number of anilines is 1. The summed E-state index contributed by atoms with van der Waals surface area (Å²) in [6.45, 7) is 0. The van der Waals surface area contributed by atoms with E-state index in [1.54, 1.807) is 30.3 Å². The van der Waals surface area contributed by atoms with E-state index in [-0.39, 0.29) is 28.3 Å². The van der Waals surface area contributed by atoms with Crippen LogP contribution in [0.25, 0.3) is 6.08 Å². The van der Waals surface area contributed by atoms with E-state index in [1.807, 2.05) is 0 Å². The van der Waals surface area contributed by atoms with Crippen LogP contribution in [0.5, 0.6) is 11.5 Å². The molecule has 0 spiro atoms. The number of nitrogens with one attached hydrogen (secondary N) is 1. The lowest BCUT2D eigenvalue weighted by molar-refractivity contribution is -0.385. The summed E-state index contributed by atoms with van der Waals surface area (Å²) < 4.78 is 10.2. The molecule has 138 valence electrons. The number of methoxy groups -OCH3 is 2. The highest BCUT2D eigenvalue weighted by molar-refractivity contribution is 6.34. The van der Waals surface area contributed by atoms with Crippen molar-refractivity contribution in [1.82, 2.24) is 0 Å². The first-order valence-electron chi connectivity index (χ1n) is 7.49. The molecule has 27 heavy (non-hydrogen) atoms. The van der Waals surface area contributed by atoms with Crippen molar-refractivity contribution in [2.24, 2.45) is 0 Å². The van der Waals surface area contributed by atoms with Crippen LogP contribution >= 0.6 is 11.6 Å². The van der Waals surface area contributed by atoms with Crippen molar-refractivity contribution >= 4 is 35.0 Å². The van der Waals surface area contributed by atoms with Gasteiger partial charge in [0.2, 0.25) is 0 Å². The highest BCUT2D eigenvalue weighted by Crippen LogP contribution is 2.35. The molecule has 8 nitrogen and oxygen atoms in total. The maximum Gasteiger partial charge on any atom is 0.280 e. The van der Waals surface area contributed by atoms with Crippen molar-refractivity contribution < 1.29 is 19.2 Å². The molecule has 0 atom stereocenters. The molecule has 1 amide bonds. The van der Waals surface area contributed by atoms with E-state index in [1.165, 1.54) is 20.3 Å². The molecule has 2 aromatic carbocycles. The number of rotatable bonds is 6. The number of halogens is 1. The Bertz CT molecular complexity index is 966. The lowest BCUT2D eigenvalue weighted by atomic mass is 10.1. The molecule has 2 aromatic rings. The topological polar surface area (TPSA) is 114 Å². The molecule has 0 heterocycles. The number of carbonyl (C=O) groups excluding carboxylic acids is 1. The van der Waals surface area contributed by atoms with Gasteiger partial charge in [-0.05, 0) is 24.3 Å². The summed E-state index contributed by atoms with van der Waals surface area (Å²) in [4.78, 5) is 23.1. The molecule has 0 radical (unpaired) electrons. The minimum Gasteiger partial charge on any atom is -0.493 e. The van der Waals surface area contributed by atoms with E-state index in [0.717, 1.165) is 12.1 Å². The first-order valence-corrected chi connectivity index (χ1v) is 7.87. The summed E-state index contributed by atoms with van der Waals surface area (Å²) in [7, 11) is 2.71. The van der Waals surface area contributed by atoms with Crippen molar-refractivity contribution in [3.8, 4) is 17.6 Å². The lowest BCUT2D eigenvalue weighted by Crippen LogP contribution is -2.13. The summed E-state index contributed by atoms with van der Waals surface area (Å²) in [6.07, 6.45) is 1.10. The Hall–Kier alpha value is -3.57. The molecule has 0 aliphatic heterocycles.